The van der Waals surface area contributed by atoms with Crippen molar-refractivity contribution in [3.63, 3.8) is 0 Å². The number of nitrogens with zero attached hydrogens (tertiary/aromatic N) is 5. The highest BCUT2D eigenvalue weighted by Crippen LogP contribution is 2.32. The average molecular weight is 552 g/mol. The second kappa shape index (κ2) is 14.2. The van der Waals surface area contributed by atoms with Gasteiger partial charge in [0.15, 0.2) is 17.3 Å². The van der Waals surface area contributed by atoms with Gasteiger partial charge in [0.2, 0.25) is 11.9 Å². The van der Waals surface area contributed by atoms with E-state index in [0.29, 0.717) is 47.6 Å². The molecule has 0 aliphatic carbocycles. The van der Waals surface area contributed by atoms with Gasteiger partial charge in [0.1, 0.15) is 12.4 Å². The van der Waals surface area contributed by atoms with Crippen LogP contribution in [0.1, 0.15) is 19.8 Å². The smallest absolute Gasteiger partial charge is 0.246 e. The maximum Gasteiger partial charge on any atom is 0.246 e. The van der Waals surface area contributed by atoms with Crippen LogP contribution in [0.4, 0.5) is 21.8 Å². The first-order valence-corrected chi connectivity index (χ1v) is 13.1. The number of carbonyl (C=O) groups excluding carboxylic acids is 1. The minimum absolute atomic E-state index is 0.0481. The maximum atomic E-state index is 13.3. The molecule has 0 saturated carbocycles. The van der Waals surface area contributed by atoms with E-state index in [9.17, 15) is 14.3 Å². The van der Waals surface area contributed by atoms with Crippen molar-refractivity contribution < 1.29 is 23.8 Å². The van der Waals surface area contributed by atoms with Gasteiger partial charge in [-0.05, 0) is 43.7 Å². The standard InChI is InChI=1S/C28H34FN7O4/c1-3-9-35(12-13-37)10-5-14-40-25-17-23-20(15-24(25)39-2)18-30-28(32-23)33-26-8-11-36(34-26)19-27(38)31-22-7-4-6-21(29)16-22/h4,6-8,11,15-18,37H,3,5,9-10,12-14,19H2,1-2H3,(H,31,38)(H,30,32,33,34). The Morgan fingerprint density at radius 3 is 2.80 bits per heavy atom. The van der Waals surface area contributed by atoms with Crippen LogP contribution in [0.2, 0.25) is 0 Å². The summed E-state index contributed by atoms with van der Waals surface area (Å²) in [5.74, 6) is 1.20. The molecule has 2 aromatic heterocycles. The molecule has 0 unspecified atom stereocenters. The van der Waals surface area contributed by atoms with Crippen molar-refractivity contribution in [3.8, 4) is 11.5 Å². The summed E-state index contributed by atoms with van der Waals surface area (Å²) in [5, 5.41) is 20.1. The van der Waals surface area contributed by atoms with Gasteiger partial charge < -0.3 is 30.1 Å². The number of anilines is 3. The van der Waals surface area contributed by atoms with Crippen molar-refractivity contribution in [2.24, 2.45) is 0 Å². The molecule has 40 heavy (non-hydrogen) atoms. The zero-order valence-corrected chi connectivity index (χ0v) is 22.6. The molecular weight excluding hydrogens is 517 g/mol. The number of aliphatic hydroxyl groups is 1. The van der Waals surface area contributed by atoms with Gasteiger partial charge in [0.05, 0.1) is 25.8 Å². The SMILES string of the molecule is CCCN(CCO)CCCOc1cc2nc(Nc3ccn(CC(=O)Nc4cccc(F)c4)n3)ncc2cc1OC. The molecule has 2 heterocycles. The topological polar surface area (TPSA) is 127 Å². The Morgan fingerprint density at radius 2 is 2.02 bits per heavy atom. The lowest BCUT2D eigenvalue weighted by molar-refractivity contribution is -0.116. The van der Waals surface area contributed by atoms with Crippen LogP contribution in [0.25, 0.3) is 10.9 Å². The molecule has 212 valence electrons. The predicted octanol–water partition coefficient (Wildman–Crippen LogP) is 3.83. The second-order valence-electron chi connectivity index (χ2n) is 9.10. The molecule has 0 bridgehead atoms. The van der Waals surface area contributed by atoms with Crippen LogP contribution in [-0.2, 0) is 11.3 Å². The highest BCUT2D eigenvalue weighted by Gasteiger charge is 2.12. The lowest BCUT2D eigenvalue weighted by Crippen LogP contribution is -2.29. The van der Waals surface area contributed by atoms with Crippen LogP contribution in [0.5, 0.6) is 11.5 Å². The van der Waals surface area contributed by atoms with Crippen LogP contribution in [0.15, 0.2) is 54.9 Å². The summed E-state index contributed by atoms with van der Waals surface area (Å²) in [6, 6.07) is 11.0. The van der Waals surface area contributed by atoms with E-state index < -0.39 is 5.82 Å². The molecule has 4 rings (SSSR count). The second-order valence-corrected chi connectivity index (χ2v) is 9.10. The maximum absolute atomic E-state index is 13.3. The molecule has 1 amide bonds. The van der Waals surface area contributed by atoms with Gasteiger partial charge in [-0.25, -0.2) is 14.4 Å². The van der Waals surface area contributed by atoms with E-state index in [0.717, 1.165) is 31.3 Å². The van der Waals surface area contributed by atoms with Crippen molar-refractivity contribution in [1.82, 2.24) is 24.6 Å². The minimum Gasteiger partial charge on any atom is -0.493 e. The molecule has 0 radical (unpaired) electrons. The number of aliphatic hydroxyl groups excluding tert-OH is 1. The predicted molar refractivity (Wildman–Crippen MR) is 151 cm³/mol. The number of ether oxygens (including phenoxy) is 2. The number of halogens is 1. The van der Waals surface area contributed by atoms with Gasteiger partial charge in [-0.3, -0.25) is 9.48 Å². The van der Waals surface area contributed by atoms with Crippen molar-refractivity contribution in [1.29, 1.82) is 0 Å². The molecule has 2 aromatic carbocycles. The largest absolute Gasteiger partial charge is 0.493 e. The summed E-state index contributed by atoms with van der Waals surface area (Å²) in [4.78, 5) is 23.5. The molecule has 0 atom stereocenters. The molecule has 11 nitrogen and oxygen atoms in total. The molecule has 0 aliphatic rings. The third kappa shape index (κ3) is 8.10. The van der Waals surface area contributed by atoms with E-state index in [4.69, 9.17) is 9.47 Å². The molecule has 0 spiro atoms. The van der Waals surface area contributed by atoms with E-state index >= 15 is 0 Å². The van der Waals surface area contributed by atoms with Crippen molar-refractivity contribution in [2.45, 2.75) is 26.3 Å². The first-order valence-electron chi connectivity index (χ1n) is 13.1. The third-order valence-corrected chi connectivity index (χ3v) is 5.99. The van der Waals surface area contributed by atoms with E-state index in [-0.39, 0.29) is 19.1 Å². The number of rotatable bonds is 15. The van der Waals surface area contributed by atoms with Gasteiger partial charge in [-0.2, -0.15) is 5.10 Å². The average Bonchev–Trinajstić information content (AvgIpc) is 3.37. The monoisotopic (exact) mass is 551 g/mol. The number of carbonyl (C=O) groups is 1. The highest BCUT2D eigenvalue weighted by atomic mass is 19.1. The first-order chi connectivity index (χ1) is 19.5. The Hall–Kier alpha value is -4.29. The minimum atomic E-state index is -0.427. The van der Waals surface area contributed by atoms with Gasteiger partial charge in [-0.1, -0.05) is 13.0 Å². The van der Waals surface area contributed by atoms with E-state index in [2.05, 4.69) is 37.5 Å². The number of methoxy groups -OCH3 is 1. The summed E-state index contributed by atoms with van der Waals surface area (Å²) in [6.07, 6.45) is 5.16. The number of amides is 1. The Morgan fingerprint density at radius 1 is 1.15 bits per heavy atom. The van der Waals surface area contributed by atoms with E-state index in [1.165, 1.54) is 22.9 Å². The van der Waals surface area contributed by atoms with Crippen molar-refractivity contribution in [3.05, 3.63) is 60.7 Å². The number of aromatic nitrogens is 4. The normalized spacial score (nSPS) is 11.1. The van der Waals surface area contributed by atoms with Crippen LogP contribution < -0.4 is 20.1 Å². The summed E-state index contributed by atoms with van der Waals surface area (Å²) in [7, 11) is 1.59. The Bertz CT molecular complexity index is 1410. The molecule has 0 saturated heterocycles. The first kappa shape index (κ1) is 28.7. The van der Waals surface area contributed by atoms with Gasteiger partial charge in [-0.15, -0.1) is 0 Å². The molecule has 3 N–H and O–H groups in total. The highest BCUT2D eigenvalue weighted by molar-refractivity contribution is 5.90. The fourth-order valence-corrected chi connectivity index (χ4v) is 4.18. The molecule has 12 heteroatoms. The fourth-order valence-electron chi connectivity index (χ4n) is 4.18. The number of fused-ring (bicyclic) bond motifs is 1. The summed E-state index contributed by atoms with van der Waals surface area (Å²) < 4.78 is 26.3. The fraction of sp³-hybridized carbons (Fsp3) is 0.357. The summed E-state index contributed by atoms with van der Waals surface area (Å²) in [5.41, 5.74) is 1.04. The lowest BCUT2D eigenvalue weighted by atomic mass is 10.2. The van der Waals surface area contributed by atoms with Gasteiger partial charge in [0, 0.05) is 48.7 Å². The Kier molecular flexibility index (Phi) is 10.2. The number of benzene rings is 2. The molecular formula is C28H34FN7O4. The van der Waals surface area contributed by atoms with Gasteiger partial charge in [0.25, 0.3) is 0 Å². The number of nitrogens with one attached hydrogen (secondary N) is 2. The molecule has 4 aromatic rings. The zero-order chi connectivity index (χ0) is 28.3. The van der Waals surface area contributed by atoms with E-state index in [1.54, 1.807) is 31.6 Å². The van der Waals surface area contributed by atoms with E-state index in [1.807, 2.05) is 12.1 Å². The summed E-state index contributed by atoms with van der Waals surface area (Å²) >= 11 is 0. The van der Waals surface area contributed by atoms with Gasteiger partial charge >= 0.3 is 0 Å². The van der Waals surface area contributed by atoms with Crippen molar-refractivity contribution >= 4 is 34.3 Å². The lowest BCUT2D eigenvalue weighted by Gasteiger charge is -2.20. The molecule has 0 fully saturated rings. The van der Waals surface area contributed by atoms with Crippen LogP contribution in [-0.4, -0.2) is 75.6 Å². The Balaban J connectivity index is 1.37. The Labute approximate surface area is 231 Å². The van der Waals surface area contributed by atoms with Crippen molar-refractivity contribution in [2.75, 3.05) is 50.6 Å². The number of hydrogen-bond acceptors (Lipinski definition) is 9. The summed E-state index contributed by atoms with van der Waals surface area (Å²) in [6.45, 7) is 5.13. The van der Waals surface area contributed by atoms with Crippen LogP contribution >= 0.6 is 0 Å². The molecule has 0 aliphatic heterocycles. The zero-order valence-electron chi connectivity index (χ0n) is 22.6. The quantitative estimate of drug-likeness (QED) is 0.189. The van der Waals surface area contributed by atoms with Crippen LogP contribution in [0.3, 0.4) is 0 Å². The number of hydrogen-bond donors (Lipinski definition) is 3. The third-order valence-electron chi connectivity index (χ3n) is 5.99. The van der Waals surface area contributed by atoms with Crippen LogP contribution in [0, 0.1) is 5.82 Å².